The molecule has 21 heavy (non-hydrogen) atoms. The number of rotatable bonds is 6. The highest BCUT2D eigenvalue weighted by Gasteiger charge is 2.00. The predicted molar refractivity (Wildman–Crippen MR) is 82.2 cm³/mol. The Morgan fingerprint density at radius 2 is 1.62 bits per heavy atom. The number of ketones is 1. The van der Waals surface area contributed by atoms with Crippen molar-refractivity contribution in [2.24, 2.45) is 0 Å². The molecule has 0 saturated heterocycles. The third kappa shape index (κ3) is 4.73. The fourth-order valence-electron chi connectivity index (χ4n) is 1.92. The summed E-state index contributed by atoms with van der Waals surface area (Å²) in [5.74, 6) is -0.835. The lowest BCUT2D eigenvalue weighted by Gasteiger charge is -2.00. The molecule has 2 aromatic carbocycles. The maximum atomic E-state index is 11.9. The molecule has 0 saturated carbocycles. The highest BCUT2D eigenvalue weighted by atomic mass is 16.4. The van der Waals surface area contributed by atoms with Crippen molar-refractivity contribution < 1.29 is 14.7 Å². The fraction of sp³-hybridized carbons (Fsp3) is 0.111. The Morgan fingerprint density at radius 3 is 2.24 bits per heavy atom. The van der Waals surface area contributed by atoms with Crippen molar-refractivity contribution in [2.45, 2.75) is 12.8 Å². The van der Waals surface area contributed by atoms with Crippen LogP contribution >= 0.6 is 0 Å². The van der Waals surface area contributed by atoms with Crippen LogP contribution in [0.25, 0.3) is 6.08 Å². The summed E-state index contributed by atoms with van der Waals surface area (Å²) >= 11 is 0. The van der Waals surface area contributed by atoms with Gasteiger partial charge in [-0.15, -0.1) is 0 Å². The van der Waals surface area contributed by atoms with Gasteiger partial charge in [-0.25, -0.2) is 0 Å². The number of carboxylic acid groups (broad SMARTS) is 1. The SMILES string of the molecule is O=C(O)CCc1ccc(/C=C\C(=O)c2ccccc2)cc1. The van der Waals surface area contributed by atoms with E-state index in [1.165, 1.54) is 0 Å². The fourth-order valence-corrected chi connectivity index (χ4v) is 1.92. The quantitative estimate of drug-likeness (QED) is 0.649. The summed E-state index contributed by atoms with van der Waals surface area (Å²) in [4.78, 5) is 22.4. The zero-order valence-corrected chi connectivity index (χ0v) is 11.5. The van der Waals surface area contributed by atoms with Crippen LogP contribution in [-0.4, -0.2) is 16.9 Å². The van der Waals surface area contributed by atoms with Crippen LogP contribution in [0.15, 0.2) is 60.7 Å². The number of carbonyl (C=O) groups excluding carboxylic acids is 1. The second-order valence-corrected chi connectivity index (χ2v) is 4.70. The largest absolute Gasteiger partial charge is 0.481 e. The highest BCUT2D eigenvalue weighted by Crippen LogP contribution is 2.09. The second kappa shape index (κ2) is 7.20. The molecular weight excluding hydrogens is 264 g/mol. The normalized spacial score (nSPS) is 10.7. The number of aliphatic carboxylic acids is 1. The van der Waals surface area contributed by atoms with Crippen molar-refractivity contribution in [2.75, 3.05) is 0 Å². The van der Waals surface area contributed by atoms with Gasteiger partial charge in [-0.1, -0.05) is 60.7 Å². The lowest BCUT2D eigenvalue weighted by atomic mass is 10.1. The Kier molecular flexibility index (Phi) is 5.04. The Morgan fingerprint density at radius 1 is 0.952 bits per heavy atom. The first-order chi connectivity index (χ1) is 10.1. The molecule has 1 N–H and O–H groups in total. The topological polar surface area (TPSA) is 54.4 Å². The van der Waals surface area contributed by atoms with E-state index in [2.05, 4.69) is 0 Å². The minimum Gasteiger partial charge on any atom is -0.481 e. The number of hydrogen-bond acceptors (Lipinski definition) is 2. The van der Waals surface area contributed by atoms with Crippen molar-refractivity contribution in [3.8, 4) is 0 Å². The summed E-state index contributed by atoms with van der Waals surface area (Å²) in [6.07, 6.45) is 3.95. The summed E-state index contributed by atoms with van der Waals surface area (Å²) < 4.78 is 0. The van der Waals surface area contributed by atoms with Gasteiger partial charge in [0, 0.05) is 12.0 Å². The van der Waals surface area contributed by atoms with Gasteiger partial charge in [0.05, 0.1) is 0 Å². The molecule has 3 heteroatoms. The molecule has 0 radical (unpaired) electrons. The molecule has 0 fully saturated rings. The molecule has 0 bridgehead atoms. The third-order valence-corrected chi connectivity index (χ3v) is 3.09. The van der Waals surface area contributed by atoms with Crippen molar-refractivity contribution in [3.05, 3.63) is 77.4 Å². The van der Waals surface area contributed by atoms with E-state index >= 15 is 0 Å². The standard InChI is InChI=1S/C18H16O3/c19-17(16-4-2-1-3-5-16)12-10-14-6-8-15(9-7-14)11-13-18(20)21/h1-10,12H,11,13H2,(H,20,21)/b12-10-. The van der Waals surface area contributed by atoms with E-state index in [0.29, 0.717) is 12.0 Å². The monoisotopic (exact) mass is 280 g/mol. The Bertz CT molecular complexity index is 640. The molecule has 0 aliphatic rings. The Hall–Kier alpha value is -2.68. The minimum atomic E-state index is -0.799. The van der Waals surface area contributed by atoms with E-state index in [9.17, 15) is 9.59 Å². The summed E-state index contributed by atoms with van der Waals surface area (Å²) in [7, 11) is 0. The van der Waals surface area contributed by atoms with Crippen LogP contribution in [0.1, 0.15) is 27.9 Å². The number of hydrogen-bond donors (Lipinski definition) is 1. The van der Waals surface area contributed by atoms with Gasteiger partial charge in [0.2, 0.25) is 0 Å². The zero-order valence-electron chi connectivity index (χ0n) is 11.5. The smallest absolute Gasteiger partial charge is 0.303 e. The second-order valence-electron chi connectivity index (χ2n) is 4.70. The van der Waals surface area contributed by atoms with Gasteiger partial charge in [0.15, 0.2) is 5.78 Å². The summed E-state index contributed by atoms with van der Waals surface area (Å²) in [5, 5.41) is 8.63. The minimum absolute atomic E-state index is 0.0365. The van der Waals surface area contributed by atoms with Gasteiger partial charge in [0.1, 0.15) is 0 Å². The zero-order chi connectivity index (χ0) is 15.1. The molecule has 106 valence electrons. The summed E-state index contributed by atoms with van der Waals surface area (Å²) in [5.41, 5.74) is 2.55. The van der Waals surface area contributed by atoms with Gasteiger partial charge in [-0.2, -0.15) is 0 Å². The molecule has 0 amide bonds. The van der Waals surface area contributed by atoms with E-state index in [-0.39, 0.29) is 12.2 Å². The molecule has 0 aliphatic carbocycles. The molecule has 0 spiro atoms. The van der Waals surface area contributed by atoms with Crippen LogP contribution in [-0.2, 0) is 11.2 Å². The van der Waals surface area contributed by atoms with Crippen molar-refractivity contribution in [3.63, 3.8) is 0 Å². The molecule has 0 aromatic heterocycles. The summed E-state index contributed by atoms with van der Waals surface area (Å²) in [6.45, 7) is 0. The lowest BCUT2D eigenvalue weighted by molar-refractivity contribution is -0.136. The van der Waals surface area contributed by atoms with Crippen LogP contribution in [0.4, 0.5) is 0 Å². The maximum Gasteiger partial charge on any atom is 0.303 e. The van der Waals surface area contributed by atoms with E-state index in [1.54, 1.807) is 24.3 Å². The van der Waals surface area contributed by atoms with Crippen LogP contribution in [0.2, 0.25) is 0 Å². The summed E-state index contributed by atoms with van der Waals surface area (Å²) in [6, 6.07) is 16.6. The third-order valence-electron chi connectivity index (χ3n) is 3.09. The highest BCUT2D eigenvalue weighted by molar-refractivity contribution is 6.06. The van der Waals surface area contributed by atoms with E-state index in [0.717, 1.165) is 11.1 Å². The average Bonchev–Trinajstić information content (AvgIpc) is 2.52. The van der Waals surface area contributed by atoms with Crippen LogP contribution in [0.3, 0.4) is 0 Å². The molecule has 0 atom stereocenters. The maximum absolute atomic E-state index is 11.9. The van der Waals surface area contributed by atoms with Gasteiger partial charge >= 0.3 is 5.97 Å². The molecular formula is C18H16O3. The van der Waals surface area contributed by atoms with Crippen molar-refractivity contribution in [1.29, 1.82) is 0 Å². The first kappa shape index (κ1) is 14.7. The van der Waals surface area contributed by atoms with E-state index < -0.39 is 5.97 Å². The number of benzene rings is 2. The van der Waals surface area contributed by atoms with E-state index in [4.69, 9.17) is 5.11 Å². The first-order valence-electron chi connectivity index (χ1n) is 6.73. The molecule has 2 rings (SSSR count). The van der Waals surface area contributed by atoms with Gasteiger partial charge in [-0.05, 0) is 23.6 Å². The number of aryl methyl sites for hydroxylation is 1. The van der Waals surface area contributed by atoms with Crippen LogP contribution in [0, 0.1) is 0 Å². The van der Waals surface area contributed by atoms with Crippen molar-refractivity contribution >= 4 is 17.8 Å². The first-order valence-corrected chi connectivity index (χ1v) is 6.73. The average molecular weight is 280 g/mol. The molecule has 0 unspecified atom stereocenters. The van der Waals surface area contributed by atoms with Gasteiger partial charge in [-0.3, -0.25) is 9.59 Å². The molecule has 2 aromatic rings. The van der Waals surface area contributed by atoms with Crippen molar-refractivity contribution in [1.82, 2.24) is 0 Å². The van der Waals surface area contributed by atoms with Crippen LogP contribution < -0.4 is 0 Å². The Labute approximate surface area is 123 Å². The van der Waals surface area contributed by atoms with Gasteiger partial charge in [0.25, 0.3) is 0 Å². The van der Waals surface area contributed by atoms with E-state index in [1.807, 2.05) is 42.5 Å². The van der Waals surface area contributed by atoms with Crippen LogP contribution in [0.5, 0.6) is 0 Å². The number of allylic oxidation sites excluding steroid dienone is 1. The lowest BCUT2D eigenvalue weighted by Crippen LogP contribution is -1.97. The molecule has 0 aliphatic heterocycles. The number of carbonyl (C=O) groups is 2. The Balaban J connectivity index is 1.98. The predicted octanol–water partition coefficient (Wildman–Crippen LogP) is 3.60. The molecule has 3 nitrogen and oxygen atoms in total. The molecule has 0 heterocycles. The van der Waals surface area contributed by atoms with Gasteiger partial charge < -0.3 is 5.11 Å². The number of carboxylic acids is 1.